The fraction of sp³-hybridized carbons (Fsp3) is 0.320. The molecule has 0 fully saturated rings. The molecular formula is C25H21BrF6O6. The van der Waals surface area contributed by atoms with Gasteiger partial charge in [-0.2, -0.15) is 0 Å². The van der Waals surface area contributed by atoms with Gasteiger partial charge in [0.25, 0.3) is 0 Å². The van der Waals surface area contributed by atoms with E-state index < -0.39 is 36.3 Å². The molecule has 0 radical (unpaired) electrons. The second kappa shape index (κ2) is 13.4. The molecule has 6 nitrogen and oxygen atoms in total. The van der Waals surface area contributed by atoms with Crippen LogP contribution in [0.5, 0.6) is 17.2 Å². The first-order valence-electron chi connectivity index (χ1n) is 10.8. The van der Waals surface area contributed by atoms with E-state index in [4.69, 9.17) is 9.47 Å². The second-order valence-corrected chi connectivity index (χ2v) is 8.31. The molecule has 1 atom stereocenters. The fourth-order valence-electron chi connectivity index (χ4n) is 2.91. The van der Waals surface area contributed by atoms with Gasteiger partial charge in [0.15, 0.2) is 6.10 Å². The average Bonchev–Trinajstić information content (AvgIpc) is 2.77. The van der Waals surface area contributed by atoms with Crippen molar-refractivity contribution in [1.82, 2.24) is 0 Å². The van der Waals surface area contributed by atoms with Gasteiger partial charge in [-0.05, 0) is 71.3 Å². The summed E-state index contributed by atoms with van der Waals surface area (Å²) in [6, 6.07) is 7.18. The summed E-state index contributed by atoms with van der Waals surface area (Å²) >= 11 is 3.35. The Morgan fingerprint density at radius 1 is 1.05 bits per heavy atom. The summed E-state index contributed by atoms with van der Waals surface area (Å²) in [4.78, 5) is 11.3. The van der Waals surface area contributed by atoms with Gasteiger partial charge in [-0.3, -0.25) is 0 Å². The van der Waals surface area contributed by atoms with E-state index in [9.17, 15) is 36.2 Å². The smallest absolute Gasteiger partial charge is 0.488 e. The van der Waals surface area contributed by atoms with Crippen molar-refractivity contribution in [3.63, 3.8) is 0 Å². The summed E-state index contributed by atoms with van der Waals surface area (Å²) in [5.74, 6) is 2.53. The molecule has 38 heavy (non-hydrogen) atoms. The van der Waals surface area contributed by atoms with E-state index in [0.29, 0.717) is 27.4 Å². The van der Waals surface area contributed by atoms with Crippen molar-refractivity contribution in [2.75, 3.05) is 13.2 Å². The SMILES string of the molecule is CCOC(Cc1ccc(OC/C=C(/C)C#Cc2ccc(OC(F)(F)F)cc2OC(F)(F)F)c(Br)c1)C(=O)O. The Morgan fingerprint density at radius 2 is 1.74 bits per heavy atom. The van der Waals surface area contributed by atoms with Gasteiger partial charge in [-0.1, -0.05) is 17.9 Å². The molecule has 0 aromatic heterocycles. The number of hydrogen-bond acceptors (Lipinski definition) is 5. The normalized spacial score (nSPS) is 12.8. The molecule has 1 unspecified atom stereocenters. The standard InChI is InChI=1S/C25H21BrF6O6/c1-3-35-22(23(33)34)13-16-5-9-20(19(26)12-16)36-11-10-15(2)4-6-17-7-8-18(37-24(27,28)29)14-21(17)38-25(30,31)32/h5,7-10,12,14,22H,3,11,13H2,1-2H3,(H,33,34)/b15-10-. The number of carboxylic acid groups (broad SMARTS) is 1. The predicted octanol–water partition coefficient (Wildman–Crippen LogP) is 6.66. The highest BCUT2D eigenvalue weighted by Crippen LogP contribution is 2.32. The van der Waals surface area contributed by atoms with E-state index in [2.05, 4.69) is 37.2 Å². The molecule has 0 saturated heterocycles. The maximum atomic E-state index is 12.7. The topological polar surface area (TPSA) is 74.2 Å². The molecule has 0 aliphatic rings. The Labute approximate surface area is 222 Å². The molecule has 0 spiro atoms. The molecule has 13 heteroatoms. The summed E-state index contributed by atoms with van der Waals surface area (Å²) in [6.07, 6.45) is -9.55. The molecule has 0 bridgehead atoms. The zero-order valence-electron chi connectivity index (χ0n) is 19.9. The van der Waals surface area contributed by atoms with Crippen LogP contribution < -0.4 is 14.2 Å². The third kappa shape index (κ3) is 10.9. The number of carbonyl (C=O) groups is 1. The lowest BCUT2D eigenvalue weighted by Crippen LogP contribution is -2.26. The van der Waals surface area contributed by atoms with Crippen LogP contribution in [-0.4, -0.2) is 43.1 Å². The summed E-state index contributed by atoms with van der Waals surface area (Å²) in [6.45, 7) is 3.53. The first-order valence-corrected chi connectivity index (χ1v) is 11.6. The van der Waals surface area contributed by atoms with E-state index in [0.717, 1.165) is 12.1 Å². The molecular weight excluding hydrogens is 590 g/mol. The van der Waals surface area contributed by atoms with Crippen LogP contribution in [0.25, 0.3) is 0 Å². The summed E-state index contributed by atoms with van der Waals surface area (Å²) in [7, 11) is 0. The number of rotatable bonds is 10. The van der Waals surface area contributed by atoms with Crippen LogP contribution >= 0.6 is 15.9 Å². The van der Waals surface area contributed by atoms with Crippen molar-refractivity contribution < 1.29 is 55.2 Å². The molecule has 2 aromatic rings. The highest BCUT2D eigenvalue weighted by atomic mass is 79.9. The second-order valence-electron chi connectivity index (χ2n) is 7.45. The van der Waals surface area contributed by atoms with Gasteiger partial charge in [-0.25, -0.2) is 4.79 Å². The highest BCUT2D eigenvalue weighted by molar-refractivity contribution is 9.10. The number of aliphatic carboxylic acids is 1. The van der Waals surface area contributed by atoms with Gasteiger partial charge in [0, 0.05) is 19.1 Å². The number of carboxylic acids is 1. The van der Waals surface area contributed by atoms with Crippen molar-refractivity contribution in [3.05, 3.63) is 63.6 Å². The van der Waals surface area contributed by atoms with Gasteiger partial charge >= 0.3 is 18.7 Å². The highest BCUT2D eigenvalue weighted by Gasteiger charge is 2.34. The summed E-state index contributed by atoms with van der Waals surface area (Å²) < 4.78 is 94.1. The fourth-order valence-corrected chi connectivity index (χ4v) is 3.45. The van der Waals surface area contributed by atoms with Crippen LogP contribution in [0.3, 0.4) is 0 Å². The average molecular weight is 611 g/mol. The third-order valence-corrected chi connectivity index (χ3v) is 5.12. The Hall–Kier alpha value is -3.37. The number of alkyl halides is 6. The number of allylic oxidation sites excluding steroid dienone is 1. The Kier molecular flexibility index (Phi) is 10.9. The Bertz CT molecular complexity index is 1210. The first kappa shape index (κ1) is 30.9. The Morgan fingerprint density at radius 3 is 2.32 bits per heavy atom. The molecule has 0 amide bonds. The van der Waals surface area contributed by atoms with Gasteiger partial charge in [0.2, 0.25) is 0 Å². The first-order chi connectivity index (χ1) is 17.7. The minimum atomic E-state index is -5.16. The van der Waals surface area contributed by atoms with Crippen molar-refractivity contribution in [2.24, 2.45) is 0 Å². The lowest BCUT2D eigenvalue weighted by molar-refractivity contribution is -0.276. The van der Waals surface area contributed by atoms with Crippen LogP contribution in [0, 0.1) is 11.8 Å². The van der Waals surface area contributed by atoms with Gasteiger partial charge in [0.05, 0.1) is 10.0 Å². The minimum absolute atomic E-state index is 0.0272. The van der Waals surface area contributed by atoms with Crippen LogP contribution in [-0.2, 0) is 16.0 Å². The van der Waals surface area contributed by atoms with E-state index in [-0.39, 0.29) is 25.2 Å². The van der Waals surface area contributed by atoms with Crippen LogP contribution in [0.2, 0.25) is 0 Å². The maximum Gasteiger partial charge on any atom is 0.573 e. The lowest BCUT2D eigenvalue weighted by atomic mass is 10.1. The van der Waals surface area contributed by atoms with Gasteiger partial charge in [0.1, 0.15) is 23.9 Å². The van der Waals surface area contributed by atoms with E-state index in [1.165, 1.54) is 6.08 Å². The maximum absolute atomic E-state index is 12.7. The van der Waals surface area contributed by atoms with Gasteiger partial charge < -0.3 is 24.1 Å². The van der Waals surface area contributed by atoms with Crippen LogP contribution in [0.4, 0.5) is 26.3 Å². The molecule has 0 heterocycles. The predicted molar refractivity (Wildman–Crippen MR) is 127 cm³/mol. The quantitative estimate of drug-likeness (QED) is 0.240. The molecule has 2 aromatic carbocycles. The molecule has 0 aliphatic carbocycles. The zero-order valence-corrected chi connectivity index (χ0v) is 21.5. The zero-order chi connectivity index (χ0) is 28.5. The van der Waals surface area contributed by atoms with Crippen LogP contribution in [0.15, 0.2) is 52.5 Å². The number of ether oxygens (including phenoxy) is 4. The van der Waals surface area contributed by atoms with E-state index in [1.807, 2.05) is 0 Å². The largest absolute Gasteiger partial charge is 0.573 e. The number of benzene rings is 2. The summed E-state index contributed by atoms with van der Waals surface area (Å²) in [5, 5.41) is 9.21. The van der Waals surface area contributed by atoms with E-state index >= 15 is 0 Å². The molecule has 2 rings (SSSR count). The Balaban J connectivity index is 2.10. The number of hydrogen-bond donors (Lipinski definition) is 1. The number of halogens is 7. The van der Waals surface area contributed by atoms with Gasteiger partial charge in [-0.15, -0.1) is 26.3 Å². The molecule has 1 N–H and O–H groups in total. The van der Waals surface area contributed by atoms with Crippen LogP contribution in [0.1, 0.15) is 25.0 Å². The molecule has 0 saturated carbocycles. The molecule has 206 valence electrons. The monoisotopic (exact) mass is 610 g/mol. The summed E-state index contributed by atoms with van der Waals surface area (Å²) in [5.41, 5.74) is 0.786. The van der Waals surface area contributed by atoms with Crippen molar-refractivity contribution in [2.45, 2.75) is 39.1 Å². The van der Waals surface area contributed by atoms with Crippen molar-refractivity contribution in [1.29, 1.82) is 0 Å². The molecule has 0 aliphatic heterocycles. The van der Waals surface area contributed by atoms with Crippen molar-refractivity contribution in [3.8, 4) is 29.1 Å². The third-order valence-electron chi connectivity index (χ3n) is 4.50. The van der Waals surface area contributed by atoms with E-state index in [1.54, 1.807) is 32.0 Å². The van der Waals surface area contributed by atoms with Crippen molar-refractivity contribution >= 4 is 21.9 Å². The lowest BCUT2D eigenvalue weighted by Gasteiger charge is -2.14. The minimum Gasteiger partial charge on any atom is -0.488 e.